The molecule has 0 aliphatic carbocycles. The molecule has 1 aromatic heterocycles. The van der Waals surface area contributed by atoms with Crippen molar-refractivity contribution in [2.75, 3.05) is 0 Å². The first kappa shape index (κ1) is 17.0. The van der Waals surface area contributed by atoms with E-state index in [0.717, 1.165) is 16.7 Å². The summed E-state index contributed by atoms with van der Waals surface area (Å²) >= 11 is 6.00. The van der Waals surface area contributed by atoms with Crippen LogP contribution in [0, 0.1) is 11.3 Å². The maximum atomic E-state index is 12.7. The Morgan fingerprint density at radius 2 is 1.81 bits per heavy atom. The van der Waals surface area contributed by atoms with E-state index in [1.165, 1.54) is 0 Å². The van der Waals surface area contributed by atoms with Crippen molar-refractivity contribution in [3.8, 4) is 17.2 Å². The molecule has 4 aromatic rings. The molecule has 0 amide bonds. The molecule has 0 aliphatic rings. The molecule has 0 atom stereocenters. The second-order valence-corrected chi connectivity index (χ2v) is 6.63. The van der Waals surface area contributed by atoms with Gasteiger partial charge in [0.15, 0.2) is 0 Å². The van der Waals surface area contributed by atoms with Gasteiger partial charge in [0.05, 0.1) is 35.4 Å². The minimum Gasteiger partial charge on any atom is -0.294 e. The maximum absolute atomic E-state index is 12.7. The van der Waals surface area contributed by atoms with Crippen LogP contribution in [0.15, 0.2) is 77.9 Å². The zero-order valence-corrected chi connectivity index (χ0v) is 15.0. The first-order chi connectivity index (χ1) is 13.2. The molecule has 4 nitrogen and oxygen atoms in total. The number of rotatable bonds is 3. The molecule has 130 valence electrons. The highest BCUT2D eigenvalue weighted by Crippen LogP contribution is 2.23. The van der Waals surface area contributed by atoms with E-state index < -0.39 is 0 Å². The molecule has 0 saturated heterocycles. The SMILES string of the molecule is N#Cc1ccccc1-c1ccc(Cn2cnc3ccc(Cl)cc3c2=O)cc1. The second kappa shape index (κ2) is 7.06. The maximum Gasteiger partial charge on any atom is 0.261 e. The van der Waals surface area contributed by atoms with Gasteiger partial charge >= 0.3 is 0 Å². The van der Waals surface area contributed by atoms with Crippen LogP contribution in [-0.4, -0.2) is 9.55 Å². The standard InChI is InChI=1S/C22H14ClN3O/c23-18-9-10-21-20(11-18)22(27)26(14-25-21)13-15-5-7-16(8-6-15)19-4-2-1-3-17(19)12-24/h1-11,14H,13H2. The van der Waals surface area contributed by atoms with E-state index in [4.69, 9.17) is 11.6 Å². The van der Waals surface area contributed by atoms with Crippen molar-refractivity contribution in [3.05, 3.63) is 99.6 Å². The van der Waals surface area contributed by atoms with Crippen molar-refractivity contribution in [1.29, 1.82) is 5.26 Å². The minimum absolute atomic E-state index is 0.124. The number of fused-ring (bicyclic) bond motifs is 1. The zero-order valence-electron chi connectivity index (χ0n) is 14.3. The number of aromatic nitrogens is 2. The molecule has 1 heterocycles. The molecule has 3 aromatic carbocycles. The van der Waals surface area contributed by atoms with Crippen LogP contribution in [0.2, 0.25) is 5.02 Å². The molecule has 4 rings (SSSR count). The van der Waals surface area contributed by atoms with Gasteiger partial charge in [0.25, 0.3) is 5.56 Å². The largest absolute Gasteiger partial charge is 0.294 e. The Bertz CT molecular complexity index is 1240. The quantitative estimate of drug-likeness (QED) is 0.527. The Hall–Kier alpha value is -3.42. The van der Waals surface area contributed by atoms with E-state index in [1.54, 1.807) is 35.2 Å². The third kappa shape index (κ3) is 3.33. The van der Waals surface area contributed by atoms with Crippen molar-refractivity contribution >= 4 is 22.5 Å². The first-order valence-corrected chi connectivity index (χ1v) is 8.76. The lowest BCUT2D eigenvalue weighted by molar-refractivity contribution is 0.748. The molecule has 0 saturated carbocycles. The third-order valence-electron chi connectivity index (χ3n) is 4.45. The lowest BCUT2D eigenvalue weighted by Gasteiger charge is -2.09. The Kier molecular flexibility index (Phi) is 4.45. The molecule has 5 heteroatoms. The van der Waals surface area contributed by atoms with E-state index in [2.05, 4.69) is 11.1 Å². The van der Waals surface area contributed by atoms with Crippen molar-refractivity contribution < 1.29 is 0 Å². The second-order valence-electron chi connectivity index (χ2n) is 6.19. The highest BCUT2D eigenvalue weighted by atomic mass is 35.5. The summed E-state index contributed by atoms with van der Waals surface area (Å²) in [4.78, 5) is 17.0. The summed E-state index contributed by atoms with van der Waals surface area (Å²) in [5, 5.41) is 10.3. The van der Waals surface area contributed by atoms with Crippen LogP contribution >= 0.6 is 11.6 Å². The van der Waals surface area contributed by atoms with Crippen LogP contribution in [-0.2, 0) is 6.54 Å². The summed E-state index contributed by atoms with van der Waals surface area (Å²) in [6.07, 6.45) is 1.55. The van der Waals surface area contributed by atoms with E-state index in [9.17, 15) is 10.1 Å². The number of nitrogens with zero attached hydrogens (tertiary/aromatic N) is 3. The van der Waals surface area contributed by atoms with Gasteiger partial charge in [-0.3, -0.25) is 9.36 Å². The predicted molar refractivity (Wildman–Crippen MR) is 107 cm³/mol. The van der Waals surface area contributed by atoms with E-state index >= 15 is 0 Å². The molecule has 0 radical (unpaired) electrons. The minimum atomic E-state index is -0.124. The van der Waals surface area contributed by atoms with Gasteiger partial charge in [-0.25, -0.2) is 4.98 Å². The average Bonchev–Trinajstić information content (AvgIpc) is 2.71. The summed E-state index contributed by atoms with van der Waals surface area (Å²) in [6.45, 7) is 0.411. The average molecular weight is 372 g/mol. The topological polar surface area (TPSA) is 58.7 Å². The molecule has 0 N–H and O–H groups in total. The van der Waals surface area contributed by atoms with Crippen LogP contribution in [0.3, 0.4) is 0 Å². The number of benzene rings is 3. The number of hydrogen-bond donors (Lipinski definition) is 0. The highest BCUT2D eigenvalue weighted by molar-refractivity contribution is 6.31. The van der Waals surface area contributed by atoms with Gasteiger partial charge in [0.1, 0.15) is 0 Å². The Morgan fingerprint density at radius 3 is 2.59 bits per heavy atom. The smallest absolute Gasteiger partial charge is 0.261 e. The van der Waals surface area contributed by atoms with Crippen LogP contribution in [0.5, 0.6) is 0 Å². The summed E-state index contributed by atoms with van der Waals surface area (Å²) in [6, 6.07) is 22.6. The summed E-state index contributed by atoms with van der Waals surface area (Å²) < 4.78 is 1.57. The number of nitriles is 1. The molecule has 0 aliphatic heterocycles. The Morgan fingerprint density at radius 1 is 1.04 bits per heavy atom. The molecule has 0 unspecified atom stereocenters. The summed E-state index contributed by atoms with van der Waals surface area (Å²) in [5.41, 5.74) is 3.97. The van der Waals surface area contributed by atoms with Crippen molar-refractivity contribution in [3.63, 3.8) is 0 Å². The van der Waals surface area contributed by atoms with Gasteiger partial charge in [-0.2, -0.15) is 5.26 Å². The lowest BCUT2D eigenvalue weighted by atomic mass is 9.99. The summed E-state index contributed by atoms with van der Waals surface area (Å²) in [5.74, 6) is 0. The predicted octanol–water partition coefficient (Wildman–Crippen LogP) is 4.64. The Balaban J connectivity index is 1.66. The van der Waals surface area contributed by atoms with E-state index in [-0.39, 0.29) is 5.56 Å². The monoisotopic (exact) mass is 371 g/mol. The van der Waals surface area contributed by atoms with Crippen molar-refractivity contribution in [1.82, 2.24) is 9.55 Å². The molecular weight excluding hydrogens is 358 g/mol. The fraction of sp³-hybridized carbons (Fsp3) is 0.0455. The zero-order chi connectivity index (χ0) is 18.8. The van der Waals surface area contributed by atoms with Gasteiger partial charge in [-0.15, -0.1) is 0 Å². The highest BCUT2D eigenvalue weighted by Gasteiger charge is 2.07. The fourth-order valence-electron chi connectivity index (χ4n) is 3.06. The number of hydrogen-bond acceptors (Lipinski definition) is 3. The van der Waals surface area contributed by atoms with Crippen molar-refractivity contribution in [2.24, 2.45) is 0 Å². The fourth-order valence-corrected chi connectivity index (χ4v) is 3.23. The molecule has 0 bridgehead atoms. The molecule has 0 fully saturated rings. The van der Waals surface area contributed by atoms with Crippen LogP contribution < -0.4 is 5.56 Å². The molecular formula is C22H14ClN3O. The van der Waals surface area contributed by atoms with Crippen LogP contribution in [0.4, 0.5) is 0 Å². The van der Waals surface area contributed by atoms with Crippen LogP contribution in [0.1, 0.15) is 11.1 Å². The summed E-state index contributed by atoms with van der Waals surface area (Å²) in [7, 11) is 0. The van der Waals surface area contributed by atoms with E-state index in [0.29, 0.717) is 28.0 Å². The Labute approximate surface area is 160 Å². The van der Waals surface area contributed by atoms with Gasteiger partial charge < -0.3 is 0 Å². The third-order valence-corrected chi connectivity index (χ3v) is 4.69. The first-order valence-electron chi connectivity index (χ1n) is 8.39. The molecule has 0 spiro atoms. The van der Waals surface area contributed by atoms with Crippen LogP contribution in [0.25, 0.3) is 22.0 Å². The van der Waals surface area contributed by atoms with Crippen molar-refractivity contribution in [2.45, 2.75) is 6.54 Å². The molecule has 27 heavy (non-hydrogen) atoms. The van der Waals surface area contributed by atoms with Gasteiger partial charge in [0.2, 0.25) is 0 Å². The van der Waals surface area contributed by atoms with Gasteiger partial charge in [0, 0.05) is 5.02 Å². The van der Waals surface area contributed by atoms with E-state index in [1.807, 2.05) is 42.5 Å². The lowest BCUT2D eigenvalue weighted by Crippen LogP contribution is -2.21. The van der Waals surface area contributed by atoms with Gasteiger partial charge in [-0.05, 0) is 41.0 Å². The number of halogens is 1. The van der Waals surface area contributed by atoms with Gasteiger partial charge in [-0.1, -0.05) is 54.1 Å². The normalized spacial score (nSPS) is 10.7.